The van der Waals surface area contributed by atoms with E-state index in [-0.39, 0.29) is 6.61 Å². The molecule has 3 unspecified atom stereocenters. The lowest BCUT2D eigenvalue weighted by Crippen LogP contribution is -2.30. The predicted molar refractivity (Wildman–Crippen MR) is 67.8 cm³/mol. The Hall–Kier alpha value is 0.230. The Balaban J connectivity index is 1.69. The van der Waals surface area contributed by atoms with Gasteiger partial charge in [-0.25, -0.2) is 0 Å². The Morgan fingerprint density at radius 3 is 2.56 bits per heavy atom. The van der Waals surface area contributed by atoms with Crippen LogP contribution in [0.15, 0.2) is 0 Å². The molecule has 2 bridgehead atoms. The number of rotatable bonds is 6. The molecule has 2 aliphatic carbocycles. The van der Waals surface area contributed by atoms with Crippen LogP contribution in [0.5, 0.6) is 0 Å². The number of ether oxygens (including phenoxy) is 1. The van der Waals surface area contributed by atoms with Gasteiger partial charge in [0.25, 0.3) is 0 Å². The van der Waals surface area contributed by atoms with Gasteiger partial charge in [-0.05, 0) is 49.4 Å². The Kier molecular flexibility index (Phi) is 4.63. The number of halogens is 4. The van der Waals surface area contributed by atoms with Gasteiger partial charge in [0.05, 0.1) is 0 Å². The van der Waals surface area contributed by atoms with Gasteiger partial charge in [-0.2, -0.15) is 13.2 Å². The fraction of sp³-hybridized carbons (Fsp3) is 1.00. The highest BCUT2D eigenvalue weighted by molar-refractivity contribution is 9.09. The Morgan fingerprint density at radius 1 is 1.28 bits per heavy atom. The van der Waals surface area contributed by atoms with Crippen LogP contribution in [0.3, 0.4) is 0 Å². The summed E-state index contributed by atoms with van der Waals surface area (Å²) in [6.45, 7) is -0.883. The largest absolute Gasteiger partial charge is 0.411 e. The number of hydrogen-bond acceptors (Lipinski definition) is 1. The summed E-state index contributed by atoms with van der Waals surface area (Å²) in [5, 5.41) is 0.987. The van der Waals surface area contributed by atoms with Crippen molar-refractivity contribution in [2.45, 2.75) is 44.7 Å². The topological polar surface area (TPSA) is 9.23 Å². The summed E-state index contributed by atoms with van der Waals surface area (Å²) in [6.07, 6.45) is 2.78. The molecule has 1 nitrogen and oxygen atoms in total. The molecule has 106 valence electrons. The third-order valence-corrected chi connectivity index (χ3v) is 5.71. The fourth-order valence-electron chi connectivity index (χ4n) is 3.81. The maximum atomic E-state index is 11.9. The van der Waals surface area contributed by atoms with E-state index in [4.69, 9.17) is 0 Å². The molecule has 0 aromatic rings. The van der Waals surface area contributed by atoms with Crippen molar-refractivity contribution in [3.05, 3.63) is 0 Å². The minimum absolute atomic E-state index is 0.228. The molecule has 0 aromatic carbocycles. The van der Waals surface area contributed by atoms with E-state index in [1.54, 1.807) is 0 Å². The van der Waals surface area contributed by atoms with Crippen LogP contribution in [0.4, 0.5) is 13.2 Å². The average molecular weight is 329 g/mol. The standard InChI is InChI=1S/C13H20BrF3O/c14-8-12(7-10-2-3-11(12)6-10)4-1-5-18-9-13(15,16)17/h10-11H,1-9H2. The van der Waals surface area contributed by atoms with Crippen LogP contribution in [0.1, 0.15) is 38.5 Å². The van der Waals surface area contributed by atoms with Crippen molar-refractivity contribution >= 4 is 15.9 Å². The molecule has 0 heterocycles. The maximum absolute atomic E-state index is 11.9. The van der Waals surface area contributed by atoms with E-state index in [2.05, 4.69) is 20.7 Å². The lowest BCUT2D eigenvalue weighted by molar-refractivity contribution is -0.174. The van der Waals surface area contributed by atoms with Crippen molar-refractivity contribution in [1.82, 2.24) is 0 Å². The second-order valence-electron chi connectivity index (χ2n) is 5.85. The van der Waals surface area contributed by atoms with Crippen LogP contribution in [0, 0.1) is 17.3 Å². The zero-order chi connectivity index (χ0) is 13.2. The smallest absolute Gasteiger partial charge is 0.372 e. The molecule has 0 N–H and O–H groups in total. The van der Waals surface area contributed by atoms with Gasteiger partial charge in [0.1, 0.15) is 6.61 Å². The molecule has 2 rings (SSSR count). The monoisotopic (exact) mass is 328 g/mol. The van der Waals surface area contributed by atoms with E-state index in [1.165, 1.54) is 25.7 Å². The molecule has 3 atom stereocenters. The summed E-state index contributed by atoms with van der Waals surface area (Å²) < 4.78 is 40.4. The SMILES string of the molecule is FC(F)(F)COCCCC1(CBr)CC2CCC1C2. The Morgan fingerprint density at radius 2 is 2.06 bits per heavy atom. The van der Waals surface area contributed by atoms with Crippen molar-refractivity contribution < 1.29 is 17.9 Å². The molecule has 0 radical (unpaired) electrons. The lowest BCUT2D eigenvalue weighted by atomic mass is 9.72. The van der Waals surface area contributed by atoms with Gasteiger partial charge < -0.3 is 4.74 Å². The second-order valence-corrected chi connectivity index (χ2v) is 6.41. The van der Waals surface area contributed by atoms with Gasteiger partial charge in [0, 0.05) is 11.9 Å². The first-order valence-corrected chi connectivity index (χ1v) is 7.78. The fourth-order valence-corrected chi connectivity index (χ4v) is 4.78. The van der Waals surface area contributed by atoms with Gasteiger partial charge >= 0.3 is 6.18 Å². The van der Waals surface area contributed by atoms with E-state index in [0.29, 0.717) is 5.41 Å². The molecule has 18 heavy (non-hydrogen) atoms. The van der Waals surface area contributed by atoms with Crippen molar-refractivity contribution in [2.24, 2.45) is 17.3 Å². The van der Waals surface area contributed by atoms with E-state index >= 15 is 0 Å². The highest BCUT2D eigenvalue weighted by Crippen LogP contribution is 2.58. The van der Waals surface area contributed by atoms with Gasteiger partial charge in [-0.3, -0.25) is 0 Å². The van der Waals surface area contributed by atoms with Crippen LogP contribution in [0.2, 0.25) is 0 Å². The minimum atomic E-state index is -4.19. The van der Waals surface area contributed by atoms with E-state index in [0.717, 1.165) is 30.0 Å². The summed E-state index contributed by atoms with van der Waals surface area (Å²) in [5.41, 5.74) is 0.338. The Labute approximate surface area is 115 Å². The minimum Gasteiger partial charge on any atom is -0.372 e. The molecule has 0 spiro atoms. The molecule has 2 fully saturated rings. The highest BCUT2D eigenvalue weighted by atomic mass is 79.9. The molecule has 0 aliphatic heterocycles. The second kappa shape index (κ2) is 5.70. The van der Waals surface area contributed by atoms with E-state index in [9.17, 15) is 13.2 Å². The van der Waals surface area contributed by atoms with Gasteiger partial charge in [0.15, 0.2) is 0 Å². The molecule has 5 heteroatoms. The quantitative estimate of drug-likeness (QED) is 0.513. The number of hydrogen-bond donors (Lipinski definition) is 0. The molecular formula is C13H20BrF3O. The van der Waals surface area contributed by atoms with Crippen molar-refractivity contribution in [3.63, 3.8) is 0 Å². The molecule has 0 saturated heterocycles. The molecule has 2 saturated carbocycles. The van der Waals surface area contributed by atoms with Gasteiger partial charge in [-0.15, -0.1) is 0 Å². The van der Waals surface area contributed by atoms with Crippen LogP contribution >= 0.6 is 15.9 Å². The summed E-state index contributed by atoms with van der Waals surface area (Å²) >= 11 is 3.62. The third-order valence-electron chi connectivity index (χ3n) is 4.60. The molecular weight excluding hydrogens is 309 g/mol. The highest BCUT2D eigenvalue weighted by Gasteiger charge is 2.49. The zero-order valence-corrected chi connectivity index (χ0v) is 12.0. The van der Waals surface area contributed by atoms with Crippen molar-refractivity contribution in [2.75, 3.05) is 18.5 Å². The average Bonchev–Trinajstić information content (AvgIpc) is 2.87. The van der Waals surface area contributed by atoms with Crippen LogP contribution in [0.25, 0.3) is 0 Å². The first kappa shape index (κ1) is 14.6. The summed E-state index contributed by atoms with van der Waals surface area (Å²) in [4.78, 5) is 0. The zero-order valence-electron chi connectivity index (χ0n) is 10.4. The third kappa shape index (κ3) is 3.41. The maximum Gasteiger partial charge on any atom is 0.411 e. The van der Waals surface area contributed by atoms with Crippen molar-refractivity contribution in [3.8, 4) is 0 Å². The van der Waals surface area contributed by atoms with E-state index < -0.39 is 12.8 Å². The predicted octanol–water partition coefficient (Wildman–Crippen LogP) is 4.55. The molecule has 0 amide bonds. The lowest BCUT2D eigenvalue weighted by Gasteiger charge is -2.36. The Bertz CT molecular complexity index is 282. The summed E-state index contributed by atoms with van der Waals surface area (Å²) in [6, 6.07) is 0. The van der Waals surface area contributed by atoms with Crippen molar-refractivity contribution in [1.29, 1.82) is 0 Å². The number of alkyl halides is 4. The van der Waals surface area contributed by atoms with Crippen LogP contribution in [-0.4, -0.2) is 24.7 Å². The number of fused-ring (bicyclic) bond motifs is 2. The van der Waals surface area contributed by atoms with E-state index in [1.807, 2.05) is 0 Å². The summed E-state index contributed by atoms with van der Waals surface area (Å²) in [5.74, 6) is 1.65. The first-order chi connectivity index (χ1) is 8.45. The first-order valence-electron chi connectivity index (χ1n) is 6.66. The van der Waals surface area contributed by atoms with Crippen LogP contribution in [-0.2, 0) is 4.74 Å². The molecule has 2 aliphatic rings. The summed E-state index contributed by atoms with van der Waals surface area (Å²) in [7, 11) is 0. The van der Waals surface area contributed by atoms with Gasteiger partial charge in [0.2, 0.25) is 0 Å². The van der Waals surface area contributed by atoms with Gasteiger partial charge in [-0.1, -0.05) is 22.4 Å². The van der Waals surface area contributed by atoms with Crippen LogP contribution < -0.4 is 0 Å². The molecule has 0 aromatic heterocycles. The normalized spacial score (nSPS) is 35.3.